The molecule has 26 heavy (non-hydrogen) atoms. The van der Waals surface area contributed by atoms with Crippen molar-refractivity contribution in [3.63, 3.8) is 0 Å². The number of hydrogen-bond acceptors (Lipinski definition) is 5. The average molecular weight is 360 g/mol. The minimum Gasteiger partial charge on any atom is -0.494 e. The van der Waals surface area contributed by atoms with Gasteiger partial charge in [-0.3, -0.25) is 0 Å². The van der Waals surface area contributed by atoms with Crippen molar-refractivity contribution in [2.45, 2.75) is 51.2 Å². The van der Waals surface area contributed by atoms with E-state index in [0.717, 1.165) is 63.1 Å². The molecule has 5 heteroatoms. The Labute approximate surface area is 156 Å². The van der Waals surface area contributed by atoms with Gasteiger partial charge in [-0.05, 0) is 62.8 Å². The lowest BCUT2D eigenvalue weighted by molar-refractivity contribution is -0.162. The lowest BCUT2D eigenvalue weighted by Crippen LogP contribution is -2.22. The number of rotatable bonds is 9. The van der Waals surface area contributed by atoms with Crippen molar-refractivity contribution < 1.29 is 23.7 Å². The SMILES string of the molecule is COC(=O)C#Cc1ccc(OCCCCCCOC2CCCCO2)cc1. The van der Waals surface area contributed by atoms with Gasteiger partial charge in [0.15, 0.2) is 6.29 Å². The molecule has 0 amide bonds. The van der Waals surface area contributed by atoms with Gasteiger partial charge in [0.25, 0.3) is 0 Å². The number of methoxy groups -OCH3 is 1. The molecule has 1 unspecified atom stereocenters. The predicted molar refractivity (Wildman–Crippen MR) is 98.8 cm³/mol. The highest BCUT2D eigenvalue weighted by Gasteiger charge is 2.13. The highest BCUT2D eigenvalue weighted by molar-refractivity contribution is 5.88. The minimum absolute atomic E-state index is 0.0207. The summed E-state index contributed by atoms with van der Waals surface area (Å²) < 4.78 is 21.5. The first kappa shape index (κ1) is 20.3. The summed E-state index contributed by atoms with van der Waals surface area (Å²) in [5, 5.41) is 0. The van der Waals surface area contributed by atoms with Crippen LogP contribution in [0.2, 0.25) is 0 Å². The normalized spacial score (nSPS) is 16.4. The van der Waals surface area contributed by atoms with Gasteiger partial charge in [-0.2, -0.15) is 0 Å². The maximum atomic E-state index is 11.0. The highest BCUT2D eigenvalue weighted by Crippen LogP contribution is 2.15. The van der Waals surface area contributed by atoms with Gasteiger partial charge in [0.05, 0.1) is 13.7 Å². The summed E-state index contributed by atoms with van der Waals surface area (Å²) in [4.78, 5) is 11.0. The number of esters is 1. The molecule has 0 aliphatic carbocycles. The fourth-order valence-electron chi connectivity index (χ4n) is 2.61. The van der Waals surface area contributed by atoms with Crippen molar-refractivity contribution >= 4 is 5.97 Å². The average Bonchev–Trinajstić information content (AvgIpc) is 2.69. The minimum atomic E-state index is -0.540. The van der Waals surface area contributed by atoms with E-state index in [1.54, 1.807) is 0 Å². The van der Waals surface area contributed by atoms with Crippen molar-refractivity contribution in [1.29, 1.82) is 0 Å². The fourth-order valence-corrected chi connectivity index (χ4v) is 2.61. The van der Waals surface area contributed by atoms with Gasteiger partial charge in [0, 0.05) is 24.7 Å². The van der Waals surface area contributed by atoms with Crippen LogP contribution in [0, 0.1) is 11.8 Å². The van der Waals surface area contributed by atoms with E-state index in [1.807, 2.05) is 24.3 Å². The first-order valence-electron chi connectivity index (χ1n) is 9.34. The van der Waals surface area contributed by atoms with Crippen LogP contribution >= 0.6 is 0 Å². The molecule has 1 saturated heterocycles. The van der Waals surface area contributed by atoms with Gasteiger partial charge < -0.3 is 18.9 Å². The van der Waals surface area contributed by atoms with Crippen molar-refractivity contribution in [3.05, 3.63) is 29.8 Å². The molecule has 0 bridgehead atoms. The molecule has 5 nitrogen and oxygen atoms in total. The van der Waals surface area contributed by atoms with Gasteiger partial charge in [-0.25, -0.2) is 4.79 Å². The summed E-state index contributed by atoms with van der Waals surface area (Å²) in [6.45, 7) is 2.31. The second-order valence-corrected chi connectivity index (χ2v) is 6.20. The monoisotopic (exact) mass is 360 g/mol. The molecule has 1 fully saturated rings. The maximum Gasteiger partial charge on any atom is 0.384 e. The molecule has 1 aliphatic heterocycles. The Kier molecular flexibility index (Phi) is 9.63. The lowest BCUT2D eigenvalue weighted by Gasteiger charge is -2.22. The zero-order valence-electron chi connectivity index (χ0n) is 15.5. The third-order valence-corrected chi connectivity index (χ3v) is 4.10. The zero-order chi connectivity index (χ0) is 18.5. The van der Waals surface area contributed by atoms with Crippen LogP contribution in [0.15, 0.2) is 24.3 Å². The fraction of sp³-hybridized carbons (Fsp3) is 0.571. The third kappa shape index (κ3) is 8.37. The van der Waals surface area contributed by atoms with Crippen LogP contribution in [0.3, 0.4) is 0 Å². The van der Waals surface area contributed by atoms with Crippen LogP contribution in [0.5, 0.6) is 5.75 Å². The Morgan fingerprint density at radius 3 is 2.58 bits per heavy atom. The molecule has 1 aromatic rings. The summed E-state index contributed by atoms with van der Waals surface area (Å²) in [5.41, 5.74) is 0.754. The zero-order valence-corrected chi connectivity index (χ0v) is 15.5. The van der Waals surface area contributed by atoms with Crippen LogP contribution in [-0.2, 0) is 19.0 Å². The molecule has 0 N–H and O–H groups in total. The van der Waals surface area contributed by atoms with Crippen LogP contribution in [0.4, 0.5) is 0 Å². The summed E-state index contributed by atoms with van der Waals surface area (Å²) >= 11 is 0. The Morgan fingerprint density at radius 2 is 1.88 bits per heavy atom. The Morgan fingerprint density at radius 1 is 1.12 bits per heavy atom. The van der Waals surface area contributed by atoms with Crippen LogP contribution < -0.4 is 4.74 Å². The summed E-state index contributed by atoms with van der Waals surface area (Å²) in [6, 6.07) is 7.38. The lowest BCUT2D eigenvalue weighted by atomic mass is 10.2. The van der Waals surface area contributed by atoms with Gasteiger partial charge in [-0.15, -0.1) is 0 Å². The quantitative estimate of drug-likeness (QED) is 0.382. The third-order valence-electron chi connectivity index (χ3n) is 4.10. The van der Waals surface area contributed by atoms with E-state index in [0.29, 0.717) is 6.61 Å². The molecule has 1 aromatic carbocycles. The van der Waals surface area contributed by atoms with Gasteiger partial charge in [0.2, 0.25) is 0 Å². The molecule has 0 aromatic heterocycles. The smallest absolute Gasteiger partial charge is 0.384 e. The second kappa shape index (κ2) is 12.3. The van der Waals surface area contributed by atoms with Gasteiger partial charge in [0.1, 0.15) is 5.75 Å². The Balaban J connectivity index is 1.50. The van der Waals surface area contributed by atoms with Crippen molar-refractivity contribution in [2.75, 3.05) is 26.9 Å². The molecule has 0 spiro atoms. The number of hydrogen-bond donors (Lipinski definition) is 0. The van der Waals surface area contributed by atoms with E-state index >= 15 is 0 Å². The molecular formula is C21H28O5. The predicted octanol–water partition coefficient (Wildman–Crippen LogP) is 3.69. The Bertz CT molecular complexity index is 579. The van der Waals surface area contributed by atoms with E-state index in [4.69, 9.17) is 14.2 Å². The maximum absolute atomic E-state index is 11.0. The molecule has 1 atom stereocenters. The topological polar surface area (TPSA) is 54.0 Å². The largest absolute Gasteiger partial charge is 0.494 e. The number of carbonyl (C=O) groups excluding carboxylic acids is 1. The molecular weight excluding hydrogens is 332 g/mol. The molecule has 0 saturated carbocycles. The van der Waals surface area contributed by atoms with E-state index in [2.05, 4.69) is 16.6 Å². The van der Waals surface area contributed by atoms with Crippen molar-refractivity contribution in [1.82, 2.24) is 0 Å². The van der Waals surface area contributed by atoms with E-state index in [-0.39, 0.29) is 6.29 Å². The number of unbranched alkanes of at least 4 members (excludes halogenated alkanes) is 3. The standard InChI is InChI=1S/C21H28O5/c1-23-20(22)14-11-18-9-12-19(13-10-18)24-15-5-2-3-6-16-25-21-8-4-7-17-26-21/h9-10,12-13,21H,2-8,15-17H2,1H3. The van der Waals surface area contributed by atoms with E-state index in [1.165, 1.54) is 13.5 Å². The van der Waals surface area contributed by atoms with Crippen LogP contribution in [-0.4, -0.2) is 39.2 Å². The first-order chi connectivity index (χ1) is 12.8. The summed E-state index contributed by atoms with van der Waals surface area (Å²) in [5.74, 6) is 5.41. The molecule has 1 aliphatic rings. The first-order valence-corrected chi connectivity index (χ1v) is 9.34. The highest BCUT2D eigenvalue weighted by atomic mass is 16.7. The molecule has 2 rings (SSSR count). The number of ether oxygens (including phenoxy) is 4. The Hall–Kier alpha value is -2.03. The van der Waals surface area contributed by atoms with Gasteiger partial charge in [-0.1, -0.05) is 12.3 Å². The molecule has 142 valence electrons. The van der Waals surface area contributed by atoms with Crippen molar-refractivity contribution in [2.24, 2.45) is 0 Å². The van der Waals surface area contributed by atoms with E-state index < -0.39 is 5.97 Å². The summed E-state index contributed by atoms with van der Waals surface area (Å²) in [7, 11) is 1.31. The second-order valence-electron chi connectivity index (χ2n) is 6.20. The van der Waals surface area contributed by atoms with E-state index in [9.17, 15) is 4.79 Å². The number of benzene rings is 1. The van der Waals surface area contributed by atoms with Gasteiger partial charge >= 0.3 is 5.97 Å². The van der Waals surface area contributed by atoms with Crippen LogP contribution in [0.1, 0.15) is 50.5 Å². The number of carbonyl (C=O) groups is 1. The molecule has 0 radical (unpaired) electrons. The van der Waals surface area contributed by atoms with Crippen LogP contribution in [0.25, 0.3) is 0 Å². The summed E-state index contributed by atoms with van der Waals surface area (Å²) in [6.07, 6.45) is 7.76. The molecule has 1 heterocycles. The van der Waals surface area contributed by atoms with Crippen molar-refractivity contribution in [3.8, 4) is 17.6 Å².